The van der Waals surface area contributed by atoms with E-state index in [0.29, 0.717) is 5.56 Å². The molecule has 1 amide bonds. The van der Waals surface area contributed by atoms with Crippen LogP contribution in [0, 0.1) is 10.1 Å². The number of benzene rings is 1. The molecule has 102 valence electrons. The second kappa shape index (κ2) is 5.74. The first kappa shape index (κ1) is 13.4. The molecule has 8 heteroatoms. The topological polar surface area (TPSA) is 102 Å². The van der Waals surface area contributed by atoms with Crippen molar-refractivity contribution in [3.8, 4) is 0 Å². The Bertz CT molecular complexity index is 677. The minimum absolute atomic E-state index is 0.0802. The van der Waals surface area contributed by atoms with Crippen molar-refractivity contribution in [2.24, 2.45) is 12.1 Å². The molecule has 0 aliphatic heterocycles. The lowest BCUT2D eigenvalue weighted by Crippen LogP contribution is -2.18. The minimum atomic E-state index is -0.512. The molecule has 0 saturated heterocycles. The third kappa shape index (κ3) is 3.05. The summed E-state index contributed by atoms with van der Waals surface area (Å²) >= 11 is 0. The maximum Gasteiger partial charge on any atom is 0.291 e. The third-order valence-corrected chi connectivity index (χ3v) is 2.45. The van der Waals surface area contributed by atoms with Crippen LogP contribution in [0.15, 0.2) is 41.6 Å². The average molecular weight is 273 g/mol. The second-order valence-electron chi connectivity index (χ2n) is 3.89. The Morgan fingerprint density at radius 1 is 1.45 bits per heavy atom. The number of para-hydroxylation sites is 1. The van der Waals surface area contributed by atoms with Gasteiger partial charge >= 0.3 is 0 Å². The van der Waals surface area contributed by atoms with Crippen molar-refractivity contribution in [2.75, 3.05) is 0 Å². The van der Waals surface area contributed by atoms with Gasteiger partial charge in [-0.3, -0.25) is 19.6 Å². The van der Waals surface area contributed by atoms with E-state index in [1.165, 1.54) is 29.1 Å². The molecule has 1 aromatic heterocycles. The molecule has 0 radical (unpaired) electrons. The van der Waals surface area contributed by atoms with Gasteiger partial charge in [-0.05, 0) is 12.1 Å². The number of nitrogens with one attached hydrogen (secondary N) is 1. The van der Waals surface area contributed by atoms with Gasteiger partial charge in [-0.2, -0.15) is 10.2 Å². The Kier molecular flexibility index (Phi) is 3.85. The Balaban J connectivity index is 2.07. The van der Waals surface area contributed by atoms with Crippen molar-refractivity contribution in [1.82, 2.24) is 15.2 Å². The highest BCUT2D eigenvalue weighted by Crippen LogP contribution is 2.14. The second-order valence-corrected chi connectivity index (χ2v) is 3.89. The molecule has 8 nitrogen and oxygen atoms in total. The minimum Gasteiger partial charge on any atom is -0.275 e. The molecule has 0 aliphatic rings. The number of hydrogen-bond acceptors (Lipinski definition) is 5. The SMILES string of the molecule is Cn1ccc(C(=O)N/N=C\c2ccccc2[N+](=O)[O-])n1. The van der Waals surface area contributed by atoms with E-state index in [1.807, 2.05) is 0 Å². The predicted octanol–water partition coefficient (Wildman–Crippen LogP) is 1.09. The van der Waals surface area contributed by atoms with Gasteiger partial charge < -0.3 is 0 Å². The quantitative estimate of drug-likeness (QED) is 0.511. The number of nitro groups is 1. The maximum absolute atomic E-state index is 11.6. The number of hydrazone groups is 1. The molecule has 0 spiro atoms. The molecule has 1 N–H and O–H groups in total. The normalized spacial score (nSPS) is 10.7. The number of carbonyl (C=O) groups excluding carboxylic acids is 1. The van der Waals surface area contributed by atoms with Crippen LogP contribution < -0.4 is 5.43 Å². The van der Waals surface area contributed by atoms with Gasteiger partial charge in [-0.25, -0.2) is 5.43 Å². The number of carbonyl (C=O) groups is 1. The molecule has 0 unspecified atom stereocenters. The number of aromatic nitrogens is 2. The van der Waals surface area contributed by atoms with Crippen LogP contribution in [0.1, 0.15) is 16.1 Å². The van der Waals surface area contributed by atoms with E-state index < -0.39 is 10.8 Å². The number of amides is 1. The monoisotopic (exact) mass is 273 g/mol. The molecule has 0 fully saturated rings. The molecule has 1 heterocycles. The first-order valence-electron chi connectivity index (χ1n) is 5.64. The molecule has 0 aliphatic carbocycles. The van der Waals surface area contributed by atoms with E-state index in [9.17, 15) is 14.9 Å². The molecular weight excluding hydrogens is 262 g/mol. The molecule has 1 aromatic carbocycles. The number of aryl methyl sites for hydroxylation is 1. The summed E-state index contributed by atoms with van der Waals surface area (Å²) < 4.78 is 1.49. The van der Waals surface area contributed by atoms with Gasteiger partial charge in [0.05, 0.1) is 16.7 Å². The van der Waals surface area contributed by atoms with Crippen molar-refractivity contribution in [3.63, 3.8) is 0 Å². The van der Waals surface area contributed by atoms with E-state index in [2.05, 4.69) is 15.6 Å². The Labute approximate surface area is 113 Å². The van der Waals surface area contributed by atoms with E-state index >= 15 is 0 Å². The largest absolute Gasteiger partial charge is 0.291 e. The lowest BCUT2D eigenvalue weighted by Gasteiger charge is -1.97. The predicted molar refractivity (Wildman–Crippen MR) is 71.4 cm³/mol. The van der Waals surface area contributed by atoms with Crippen molar-refractivity contribution >= 4 is 17.8 Å². The van der Waals surface area contributed by atoms with Gasteiger partial charge in [0.15, 0.2) is 5.69 Å². The maximum atomic E-state index is 11.6. The fraction of sp³-hybridized carbons (Fsp3) is 0.0833. The van der Waals surface area contributed by atoms with Crippen LogP contribution in [0.5, 0.6) is 0 Å². The first-order valence-corrected chi connectivity index (χ1v) is 5.64. The molecule has 20 heavy (non-hydrogen) atoms. The number of nitrogens with zero attached hydrogens (tertiary/aromatic N) is 4. The van der Waals surface area contributed by atoms with Crippen LogP contribution in [0.3, 0.4) is 0 Å². The summed E-state index contributed by atoms with van der Waals surface area (Å²) in [5.41, 5.74) is 2.70. The highest BCUT2D eigenvalue weighted by molar-refractivity contribution is 5.93. The van der Waals surface area contributed by atoms with Crippen LogP contribution in [-0.2, 0) is 7.05 Å². The summed E-state index contributed by atoms with van der Waals surface area (Å²) in [5.74, 6) is -0.486. The average Bonchev–Trinajstić information content (AvgIpc) is 2.86. The number of hydrogen-bond donors (Lipinski definition) is 1. The Morgan fingerprint density at radius 2 is 2.20 bits per heavy atom. The fourth-order valence-corrected chi connectivity index (χ4v) is 1.52. The lowest BCUT2D eigenvalue weighted by atomic mass is 10.2. The van der Waals surface area contributed by atoms with Crippen molar-refractivity contribution < 1.29 is 9.72 Å². The van der Waals surface area contributed by atoms with Gasteiger partial charge in [0.25, 0.3) is 11.6 Å². The van der Waals surface area contributed by atoms with Gasteiger partial charge in [0.2, 0.25) is 0 Å². The number of rotatable bonds is 4. The molecule has 0 bridgehead atoms. The summed E-state index contributed by atoms with van der Waals surface area (Å²) in [6.45, 7) is 0. The van der Waals surface area contributed by atoms with Crippen LogP contribution in [0.4, 0.5) is 5.69 Å². The van der Waals surface area contributed by atoms with E-state index in [-0.39, 0.29) is 11.4 Å². The molecule has 2 aromatic rings. The highest BCUT2D eigenvalue weighted by Gasteiger charge is 2.10. The van der Waals surface area contributed by atoms with Crippen LogP contribution in [0.25, 0.3) is 0 Å². The standard InChI is InChI=1S/C12H11N5O3/c1-16-7-6-10(15-16)12(18)14-13-8-9-4-2-3-5-11(9)17(19)20/h2-8H,1H3,(H,14,18)/b13-8-. The van der Waals surface area contributed by atoms with Gasteiger partial charge in [-0.15, -0.1) is 0 Å². The van der Waals surface area contributed by atoms with Crippen molar-refractivity contribution in [2.45, 2.75) is 0 Å². The summed E-state index contributed by atoms with van der Waals surface area (Å²) in [7, 11) is 1.69. The highest BCUT2D eigenvalue weighted by atomic mass is 16.6. The Hall–Kier alpha value is -3.03. The van der Waals surface area contributed by atoms with Gasteiger partial charge in [-0.1, -0.05) is 12.1 Å². The fourth-order valence-electron chi connectivity index (χ4n) is 1.52. The zero-order valence-electron chi connectivity index (χ0n) is 10.6. The van der Waals surface area contributed by atoms with Crippen LogP contribution >= 0.6 is 0 Å². The zero-order chi connectivity index (χ0) is 14.5. The van der Waals surface area contributed by atoms with E-state index in [0.717, 1.165) is 0 Å². The van der Waals surface area contributed by atoms with Crippen LogP contribution in [0.2, 0.25) is 0 Å². The van der Waals surface area contributed by atoms with E-state index in [1.54, 1.807) is 25.4 Å². The summed E-state index contributed by atoms with van der Waals surface area (Å²) in [6.07, 6.45) is 2.85. The summed E-state index contributed by atoms with van der Waals surface area (Å²) in [6, 6.07) is 7.64. The van der Waals surface area contributed by atoms with Gasteiger partial charge in [0, 0.05) is 19.3 Å². The third-order valence-electron chi connectivity index (χ3n) is 2.45. The summed E-state index contributed by atoms with van der Waals surface area (Å²) in [4.78, 5) is 21.9. The molecular formula is C12H11N5O3. The smallest absolute Gasteiger partial charge is 0.275 e. The van der Waals surface area contributed by atoms with Crippen LogP contribution in [-0.4, -0.2) is 26.8 Å². The van der Waals surface area contributed by atoms with Crippen molar-refractivity contribution in [1.29, 1.82) is 0 Å². The zero-order valence-corrected chi connectivity index (χ0v) is 10.6. The first-order chi connectivity index (χ1) is 9.58. The summed E-state index contributed by atoms with van der Waals surface area (Å²) in [5, 5.41) is 18.4. The van der Waals surface area contributed by atoms with Crippen molar-refractivity contribution in [3.05, 3.63) is 57.9 Å². The lowest BCUT2D eigenvalue weighted by molar-refractivity contribution is -0.385. The Morgan fingerprint density at radius 3 is 2.85 bits per heavy atom. The molecule has 0 atom stereocenters. The molecule has 2 rings (SSSR count). The van der Waals surface area contributed by atoms with E-state index in [4.69, 9.17) is 0 Å². The molecule has 0 saturated carbocycles. The number of nitro benzene ring substituents is 1. The van der Waals surface area contributed by atoms with Gasteiger partial charge in [0.1, 0.15) is 0 Å².